The number of hydrogen-bond acceptors (Lipinski definition) is 10. The summed E-state index contributed by atoms with van der Waals surface area (Å²) >= 11 is 2.14. The first kappa shape index (κ1) is 101. The standard InChI is InChI=1S/2C27H15BNSe2.2C27H15N2Se2.2C5H8O2.4Ir/c2*1-4-10-21-17(7-1)13-14-22(29-21)18-15-25-27-26(16-18)31-24-12-6-3-9-20(24)28(27)19-8-2-5-11-23(19)30-25;2*1-2-8-19-17(7-1)13-14-20(28-19)18-15-25-27-26(16-18)31-24-12-6-4-10-22(24)29(27)21-9-3-5-11-23(21)30-25;2*1-4(6)3-5(2)7;;;;/h4*1-15H;2*3,6H,1-2H3;;;;/q4*-1;;;;;;. The number of fused-ring (bicyclic) bond motifs is 20. The van der Waals surface area contributed by atoms with Crippen LogP contribution >= 0.6 is 0 Å². The number of carbonyl (C=O) groups excluding carboxylic acids is 2. The van der Waals surface area contributed by atoms with Crippen LogP contribution in [-0.2, 0) is 90.0 Å². The summed E-state index contributed by atoms with van der Waals surface area (Å²) in [5.41, 5.74) is 29.8. The van der Waals surface area contributed by atoms with Crippen LogP contribution in [0.4, 0.5) is 34.1 Å². The molecular formula is C118H76B2Ir4N6O4Se8-4. The zero-order valence-corrected chi connectivity index (χ0v) is 99.2. The molecule has 8 aliphatic heterocycles. The number of aromatic nitrogens is 4. The first-order valence-electron chi connectivity index (χ1n) is 45.0. The third-order valence-electron chi connectivity index (χ3n) is 24.4. The Labute approximate surface area is 929 Å². The van der Waals surface area contributed by atoms with Crippen molar-refractivity contribution in [2.45, 2.75) is 27.7 Å². The fraction of sp³-hybridized carbons (Fsp3) is 0.0339. The monoisotopic (exact) mass is 3070 g/mol. The maximum atomic E-state index is 10.0. The molecular weight excluding hydrogens is 2990 g/mol. The summed E-state index contributed by atoms with van der Waals surface area (Å²) in [6, 6.07) is 147. The van der Waals surface area contributed by atoms with Gasteiger partial charge in [-0.2, -0.15) is 0 Å². The van der Waals surface area contributed by atoms with Crippen LogP contribution < -0.4 is 114 Å². The van der Waals surface area contributed by atoms with Gasteiger partial charge in [-0.25, -0.2) is 0 Å². The summed E-state index contributed by atoms with van der Waals surface area (Å²) in [5.74, 6) is -0.125. The predicted molar refractivity (Wildman–Crippen MR) is 583 cm³/mol. The number of hydrogen-bond donors (Lipinski definition) is 2. The summed E-state index contributed by atoms with van der Waals surface area (Å²) in [6.45, 7) is 6.39. The molecule has 0 fully saturated rings. The van der Waals surface area contributed by atoms with Gasteiger partial charge >= 0.3 is 778 Å². The van der Waals surface area contributed by atoms with Crippen molar-refractivity contribution in [2.75, 3.05) is 9.80 Å². The van der Waals surface area contributed by atoms with Crippen molar-refractivity contribution in [3.8, 4) is 45.0 Å². The number of pyridine rings is 4. The third kappa shape index (κ3) is 20.4. The topological polar surface area (TPSA) is 133 Å². The molecule has 8 aliphatic rings. The predicted octanol–water partition coefficient (Wildman–Crippen LogP) is 8.59. The van der Waals surface area contributed by atoms with Crippen molar-refractivity contribution in [1.29, 1.82) is 0 Å². The van der Waals surface area contributed by atoms with Crippen molar-refractivity contribution >= 4 is 327 Å². The second kappa shape index (κ2) is 44.2. The van der Waals surface area contributed by atoms with Crippen LogP contribution in [-0.4, -0.2) is 175 Å². The number of ketones is 2. The van der Waals surface area contributed by atoms with E-state index in [1.807, 2.05) is 0 Å². The molecule has 0 atom stereocenters. The van der Waals surface area contributed by atoms with Gasteiger partial charge in [-0.05, 0) is 27.7 Å². The second-order valence-corrected chi connectivity index (χ2v) is 51.7. The molecule has 142 heavy (non-hydrogen) atoms. The quantitative estimate of drug-likeness (QED) is 0.0723. The Balaban J connectivity index is 0.000000114. The summed E-state index contributed by atoms with van der Waals surface area (Å²) < 4.78 is 23.1. The van der Waals surface area contributed by atoms with Crippen LogP contribution in [0.1, 0.15) is 27.7 Å². The minimum atomic E-state index is -0.125. The normalized spacial score (nSPS) is 12.9. The Morgan fingerprint density at radius 3 is 0.768 bits per heavy atom. The molecule has 0 saturated heterocycles. The van der Waals surface area contributed by atoms with E-state index in [1.165, 1.54) is 200 Å². The van der Waals surface area contributed by atoms with Crippen LogP contribution in [0.2, 0.25) is 0 Å². The molecule has 16 aromatic carbocycles. The molecule has 12 heterocycles. The number of anilines is 6. The summed E-state index contributed by atoms with van der Waals surface area (Å²) in [7, 11) is 0. The van der Waals surface area contributed by atoms with Crippen LogP contribution in [0, 0.1) is 24.3 Å². The van der Waals surface area contributed by atoms with Crippen molar-refractivity contribution in [1.82, 2.24) is 19.9 Å². The van der Waals surface area contributed by atoms with Gasteiger partial charge in [0.25, 0.3) is 0 Å². The molecule has 2 N–H and O–H groups in total. The Kier molecular flexibility index (Phi) is 31.3. The maximum absolute atomic E-state index is 10.0. The Morgan fingerprint density at radius 1 is 0.261 bits per heavy atom. The molecule has 0 spiro atoms. The van der Waals surface area contributed by atoms with Crippen LogP contribution in [0.3, 0.4) is 0 Å². The number of nitrogens with zero attached hydrogens (tertiary/aromatic N) is 6. The van der Waals surface area contributed by atoms with Crippen molar-refractivity contribution < 1.29 is 100 Å². The molecule has 0 saturated carbocycles. The SMILES string of the molecule is CC(=O)C=C(C)O.CC(=O)C=C(C)O.[Ir].[Ir].[Ir].[Ir].[c-]1c(-c2ccc3ccccc3n2)cc2c3c1[Se]c1ccccc1B3c1ccccc1[Se]2.[c-]1c(-c2ccc3ccccc3n2)cc2c3c1[Se]c1ccccc1B3c1ccccc1[Se]2.[c-]1c(-c2ccc3ccccc3n2)cc2c3c1[Se]c1ccccc1N3c1ccccc1[Se]2.[c-]1c(-c2ccc3ccccc3n2)cc2c3c1[Se]c1ccccc1N3c1ccccc1[Se]2. The third-order valence-corrected chi connectivity index (χ3v) is 43.0. The van der Waals surface area contributed by atoms with Gasteiger partial charge in [0.1, 0.15) is 0 Å². The van der Waals surface area contributed by atoms with E-state index < -0.39 is 0 Å². The van der Waals surface area contributed by atoms with E-state index in [2.05, 4.69) is 398 Å². The van der Waals surface area contributed by atoms with Gasteiger partial charge < -0.3 is 10.2 Å². The molecule has 0 amide bonds. The van der Waals surface area contributed by atoms with E-state index >= 15 is 0 Å². The molecule has 0 bridgehead atoms. The summed E-state index contributed by atoms with van der Waals surface area (Å²) in [5, 5.41) is 21.4. The van der Waals surface area contributed by atoms with Gasteiger partial charge in [0, 0.05) is 92.6 Å². The van der Waals surface area contributed by atoms with Crippen molar-refractivity contribution in [2.24, 2.45) is 0 Å². The van der Waals surface area contributed by atoms with Crippen LogP contribution in [0.15, 0.2) is 388 Å². The van der Waals surface area contributed by atoms with Gasteiger partial charge in [-0.15, -0.1) is 0 Å². The molecule has 10 nitrogen and oxygen atoms in total. The van der Waals surface area contributed by atoms with Gasteiger partial charge in [0.05, 0.1) is 11.5 Å². The second-order valence-electron chi connectivity index (χ2n) is 33.8. The molecule has 24 heteroatoms. The fourth-order valence-corrected chi connectivity index (χ4v) is 39.0. The van der Waals surface area contributed by atoms with Gasteiger partial charge in [0.2, 0.25) is 0 Å². The fourth-order valence-electron chi connectivity index (χ4n) is 18.5. The van der Waals surface area contributed by atoms with Gasteiger partial charge in [0.15, 0.2) is 11.6 Å². The molecule has 28 rings (SSSR count). The number of para-hydroxylation sites is 8. The number of aliphatic hydroxyl groups is 2. The van der Waals surface area contributed by atoms with Crippen LogP contribution in [0.25, 0.3) is 88.6 Å². The Morgan fingerprint density at radius 2 is 0.486 bits per heavy atom. The van der Waals surface area contributed by atoms with Crippen LogP contribution in [0.5, 0.6) is 0 Å². The van der Waals surface area contributed by atoms with E-state index in [0.29, 0.717) is 43.3 Å². The van der Waals surface area contributed by atoms with E-state index in [-0.39, 0.29) is 193 Å². The molecule has 4 aromatic heterocycles. The van der Waals surface area contributed by atoms with E-state index in [1.54, 1.807) is 0 Å². The average Bonchev–Trinajstić information content (AvgIpc) is 0.735. The average molecular weight is 3060 g/mol. The van der Waals surface area contributed by atoms with E-state index in [0.717, 1.165) is 67.1 Å². The van der Waals surface area contributed by atoms with E-state index in [4.69, 9.17) is 30.1 Å². The number of benzene rings is 16. The van der Waals surface area contributed by atoms with Crippen molar-refractivity contribution in [3.05, 3.63) is 412 Å². The number of carbonyl (C=O) groups is 2. The molecule has 0 unspecified atom stereocenters. The molecule has 20 aromatic rings. The molecule has 696 valence electrons. The summed E-state index contributed by atoms with van der Waals surface area (Å²) in [4.78, 5) is 44.9. The zero-order valence-electron chi connectivity index (χ0n) is 75.9. The first-order chi connectivity index (χ1) is 67.6. The molecule has 0 aliphatic carbocycles. The zero-order chi connectivity index (χ0) is 93.2. The minimum absolute atomic E-state index is 0. The Bertz CT molecular complexity index is 7260. The number of aliphatic hydroxyl groups excluding tert-OH is 2. The number of rotatable bonds is 6. The van der Waals surface area contributed by atoms with Gasteiger partial charge in [-0.3, -0.25) is 9.59 Å². The van der Waals surface area contributed by atoms with Gasteiger partial charge in [-0.1, -0.05) is 0 Å². The van der Waals surface area contributed by atoms with Crippen molar-refractivity contribution in [3.63, 3.8) is 0 Å². The van der Waals surface area contributed by atoms with E-state index in [9.17, 15) is 9.59 Å². The molecule has 4 radical (unpaired) electrons. The summed E-state index contributed by atoms with van der Waals surface area (Å²) in [6.07, 6.45) is 2.33. The first-order valence-corrected chi connectivity index (χ1v) is 58.7. The Hall–Kier alpha value is -9.94. The number of allylic oxidation sites excluding steroid dienone is 4.